The van der Waals surface area contributed by atoms with Gasteiger partial charge in [0.25, 0.3) is 0 Å². The third-order valence-corrected chi connectivity index (χ3v) is 3.56. The number of hydrogen-bond acceptors (Lipinski definition) is 2. The minimum atomic E-state index is 0.292. The van der Waals surface area contributed by atoms with Crippen molar-refractivity contribution in [1.29, 1.82) is 0 Å². The van der Waals surface area contributed by atoms with Crippen LogP contribution in [0.25, 0.3) is 0 Å². The lowest BCUT2D eigenvalue weighted by Crippen LogP contribution is -2.62. The summed E-state index contributed by atoms with van der Waals surface area (Å²) in [7, 11) is 0. The number of rotatable bonds is 3. The molecule has 0 aliphatic carbocycles. The zero-order valence-electron chi connectivity index (χ0n) is 10.4. The number of piperazine rings is 1. The van der Waals surface area contributed by atoms with Gasteiger partial charge in [-0.05, 0) is 26.3 Å². The quantitative estimate of drug-likeness (QED) is 0.747. The molecule has 1 rings (SSSR count). The zero-order chi connectivity index (χ0) is 10.8. The van der Waals surface area contributed by atoms with Gasteiger partial charge in [-0.2, -0.15) is 0 Å². The molecule has 0 saturated carbocycles. The van der Waals surface area contributed by atoms with Crippen molar-refractivity contribution in [3.05, 3.63) is 0 Å². The molecule has 1 fully saturated rings. The molecule has 0 spiro atoms. The molecular formula is C12H26N2. The van der Waals surface area contributed by atoms with E-state index in [9.17, 15) is 0 Å². The van der Waals surface area contributed by atoms with Gasteiger partial charge in [0, 0.05) is 24.7 Å². The third kappa shape index (κ3) is 2.71. The first kappa shape index (κ1) is 12.0. The maximum absolute atomic E-state index is 3.65. The highest BCUT2D eigenvalue weighted by Crippen LogP contribution is 2.21. The van der Waals surface area contributed by atoms with Gasteiger partial charge in [0.05, 0.1) is 0 Å². The number of nitrogens with one attached hydrogen (secondary N) is 1. The summed E-state index contributed by atoms with van der Waals surface area (Å²) < 4.78 is 0. The topological polar surface area (TPSA) is 15.3 Å². The zero-order valence-corrected chi connectivity index (χ0v) is 10.4. The molecule has 0 amide bonds. The van der Waals surface area contributed by atoms with Crippen LogP contribution in [0.1, 0.15) is 41.0 Å². The summed E-state index contributed by atoms with van der Waals surface area (Å²) in [6.45, 7) is 15.0. The van der Waals surface area contributed by atoms with E-state index in [2.05, 4.69) is 44.8 Å². The Labute approximate surface area is 89.1 Å². The Hall–Kier alpha value is -0.0800. The van der Waals surface area contributed by atoms with E-state index in [1.54, 1.807) is 0 Å². The van der Waals surface area contributed by atoms with Crippen LogP contribution in [0.3, 0.4) is 0 Å². The lowest BCUT2D eigenvalue weighted by molar-refractivity contribution is 0.0687. The van der Waals surface area contributed by atoms with Gasteiger partial charge in [-0.15, -0.1) is 0 Å². The molecule has 1 saturated heterocycles. The van der Waals surface area contributed by atoms with Crippen molar-refractivity contribution >= 4 is 0 Å². The van der Waals surface area contributed by atoms with E-state index in [-0.39, 0.29) is 0 Å². The number of likely N-dealkylation sites (N-methyl/N-ethyl adjacent to an activating group) is 1. The van der Waals surface area contributed by atoms with Gasteiger partial charge in [-0.25, -0.2) is 0 Å². The fourth-order valence-corrected chi connectivity index (χ4v) is 2.37. The number of nitrogens with zero attached hydrogens (tertiary/aromatic N) is 1. The van der Waals surface area contributed by atoms with E-state index in [4.69, 9.17) is 0 Å². The molecule has 2 atom stereocenters. The third-order valence-electron chi connectivity index (χ3n) is 3.56. The van der Waals surface area contributed by atoms with Gasteiger partial charge in [0.15, 0.2) is 0 Å². The van der Waals surface area contributed by atoms with Crippen LogP contribution in [-0.4, -0.2) is 36.1 Å². The minimum absolute atomic E-state index is 0.292. The fraction of sp³-hybridized carbons (Fsp3) is 1.00. The first-order valence-corrected chi connectivity index (χ1v) is 5.99. The van der Waals surface area contributed by atoms with Crippen molar-refractivity contribution in [3.8, 4) is 0 Å². The molecule has 2 heteroatoms. The second-order valence-electron chi connectivity index (χ2n) is 5.28. The Morgan fingerprint density at radius 1 is 1.43 bits per heavy atom. The predicted molar refractivity (Wildman–Crippen MR) is 62.6 cm³/mol. The standard InChI is InChI=1S/C12H26N2/c1-6-10(3)11-8-13-12(4,5)9-14(11)7-2/h10-11,13H,6-9H2,1-5H3. The van der Waals surface area contributed by atoms with Crippen molar-refractivity contribution in [2.75, 3.05) is 19.6 Å². The van der Waals surface area contributed by atoms with E-state index < -0.39 is 0 Å². The van der Waals surface area contributed by atoms with Crippen LogP contribution in [0.15, 0.2) is 0 Å². The summed E-state index contributed by atoms with van der Waals surface area (Å²) in [4.78, 5) is 2.63. The van der Waals surface area contributed by atoms with Crippen LogP contribution in [-0.2, 0) is 0 Å². The molecule has 2 nitrogen and oxygen atoms in total. The molecule has 1 heterocycles. The maximum atomic E-state index is 3.65. The number of hydrogen-bond donors (Lipinski definition) is 1. The van der Waals surface area contributed by atoms with Crippen LogP contribution in [0.2, 0.25) is 0 Å². The van der Waals surface area contributed by atoms with Gasteiger partial charge < -0.3 is 5.32 Å². The van der Waals surface area contributed by atoms with E-state index in [0.29, 0.717) is 5.54 Å². The molecule has 2 unspecified atom stereocenters. The first-order chi connectivity index (χ1) is 6.50. The van der Waals surface area contributed by atoms with Crippen LogP contribution in [0, 0.1) is 5.92 Å². The molecule has 0 bridgehead atoms. The van der Waals surface area contributed by atoms with E-state index in [1.807, 2.05) is 0 Å². The second-order valence-corrected chi connectivity index (χ2v) is 5.28. The van der Waals surface area contributed by atoms with Gasteiger partial charge in [-0.1, -0.05) is 27.2 Å². The molecule has 1 aliphatic heterocycles. The summed E-state index contributed by atoms with van der Waals surface area (Å²) in [6.07, 6.45) is 1.28. The smallest absolute Gasteiger partial charge is 0.0252 e. The van der Waals surface area contributed by atoms with E-state index in [1.165, 1.54) is 19.5 Å². The van der Waals surface area contributed by atoms with Crippen molar-refractivity contribution in [2.45, 2.75) is 52.6 Å². The summed E-state index contributed by atoms with van der Waals surface area (Å²) >= 11 is 0. The molecule has 0 aromatic rings. The molecule has 1 N–H and O–H groups in total. The molecule has 1 aliphatic rings. The molecule has 0 radical (unpaired) electrons. The highest BCUT2D eigenvalue weighted by Gasteiger charge is 2.33. The van der Waals surface area contributed by atoms with Gasteiger partial charge >= 0.3 is 0 Å². The van der Waals surface area contributed by atoms with Gasteiger partial charge in [0.1, 0.15) is 0 Å². The Balaban J connectivity index is 2.61. The van der Waals surface area contributed by atoms with E-state index in [0.717, 1.165) is 18.5 Å². The summed E-state index contributed by atoms with van der Waals surface area (Å²) in [5, 5.41) is 3.65. The van der Waals surface area contributed by atoms with Crippen LogP contribution in [0.5, 0.6) is 0 Å². The Kier molecular flexibility index (Phi) is 3.96. The second kappa shape index (κ2) is 4.63. The maximum Gasteiger partial charge on any atom is 0.0252 e. The Morgan fingerprint density at radius 2 is 2.07 bits per heavy atom. The molecular weight excluding hydrogens is 172 g/mol. The van der Waals surface area contributed by atoms with Crippen LogP contribution >= 0.6 is 0 Å². The van der Waals surface area contributed by atoms with Crippen molar-refractivity contribution < 1.29 is 0 Å². The summed E-state index contributed by atoms with van der Waals surface area (Å²) in [5.74, 6) is 0.804. The molecule has 14 heavy (non-hydrogen) atoms. The van der Waals surface area contributed by atoms with Crippen LogP contribution < -0.4 is 5.32 Å². The summed E-state index contributed by atoms with van der Waals surface area (Å²) in [5.41, 5.74) is 0.292. The van der Waals surface area contributed by atoms with Crippen molar-refractivity contribution in [3.63, 3.8) is 0 Å². The first-order valence-electron chi connectivity index (χ1n) is 5.99. The Bertz CT molecular complexity index is 177. The summed E-state index contributed by atoms with van der Waals surface area (Å²) in [6, 6.07) is 0.734. The highest BCUT2D eigenvalue weighted by atomic mass is 15.2. The van der Waals surface area contributed by atoms with Gasteiger partial charge in [0.2, 0.25) is 0 Å². The fourth-order valence-electron chi connectivity index (χ4n) is 2.37. The molecule has 0 aromatic heterocycles. The largest absolute Gasteiger partial charge is 0.309 e. The highest BCUT2D eigenvalue weighted by molar-refractivity contribution is 4.93. The molecule has 84 valence electrons. The average molecular weight is 198 g/mol. The average Bonchev–Trinajstić information content (AvgIpc) is 2.15. The van der Waals surface area contributed by atoms with E-state index >= 15 is 0 Å². The van der Waals surface area contributed by atoms with Crippen LogP contribution in [0.4, 0.5) is 0 Å². The lowest BCUT2D eigenvalue weighted by Gasteiger charge is -2.46. The molecule has 0 aromatic carbocycles. The van der Waals surface area contributed by atoms with Crippen molar-refractivity contribution in [1.82, 2.24) is 10.2 Å². The lowest BCUT2D eigenvalue weighted by atomic mass is 9.91. The predicted octanol–water partition coefficient (Wildman–Crippen LogP) is 2.10. The normalized spacial score (nSPS) is 30.2. The van der Waals surface area contributed by atoms with Gasteiger partial charge in [-0.3, -0.25) is 4.90 Å². The monoisotopic (exact) mass is 198 g/mol. The van der Waals surface area contributed by atoms with Crippen molar-refractivity contribution in [2.24, 2.45) is 5.92 Å². The minimum Gasteiger partial charge on any atom is -0.309 e. The Morgan fingerprint density at radius 3 is 2.57 bits per heavy atom. The SMILES string of the molecule is CCC(C)C1CNC(C)(C)CN1CC.